The predicted molar refractivity (Wildman–Crippen MR) is 91.7 cm³/mol. The smallest absolute Gasteiger partial charge is 0.307 e. The molecule has 27 heavy (non-hydrogen) atoms. The van der Waals surface area contributed by atoms with Crippen LogP contribution in [0.25, 0.3) is 11.4 Å². The van der Waals surface area contributed by atoms with E-state index in [0.29, 0.717) is 10.8 Å². The third-order valence-corrected chi connectivity index (χ3v) is 4.57. The zero-order valence-electron chi connectivity index (χ0n) is 13.8. The van der Waals surface area contributed by atoms with Crippen LogP contribution in [0.1, 0.15) is 10.5 Å². The highest BCUT2D eigenvalue weighted by Crippen LogP contribution is 2.20. The average molecular weight is 380 g/mol. The third-order valence-electron chi connectivity index (χ3n) is 3.65. The molecule has 134 valence electrons. The number of carbonyl (C=O) groups excluding carboxylic acids is 1. The van der Waals surface area contributed by atoms with Crippen molar-refractivity contribution in [1.82, 2.24) is 25.5 Å². The van der Waals surface area contributed by atoms with Crippen LogP contribution in [0, 0.1) is 0 Å². The Morgan fingerprint density at radius 2 is 1.81 bits per heavy atom. The van der Waals surface area contributed by atoms with Gasteiger partial charge in [0, 0.05) is 12.1 Å². The van der Waals surface area contributed by atoms with Gasteiger partial charge in [0.25, 0.3) is 0 Å². The molecule has 0 amide bonds. The van der Waals surface area contributed by atoms with Crippen LogP contribution in [0.5, 0.6) is 5.95 Å². The van der Waals surface area contributed by atoms with Crippen LogP contribution in [-0.4, -0.2) is 37.0 Å². The standard InChI is InChI=1S/C17H12N6O3S/c24-14(15-16(25)26-21-22(15)12-7-3-1-4-8-12)11-27-17-18-19-20-23(17)13-9-5-2-6-10-13/h1-10H,11H2. The molecule has 0 saturated heterocycles. The van der Waals surface area contributed by atoms with E-state index in [4.69, 9.17) is 0 Å². The molecule has 0 unspecified atom stereocenters. The molecule has 0 atom stereocenters. The Morgan fingerprint density at radius 3 is 2.56 bits per heavy atom. The quantitative estimate of drug-likeness (QED) is 0.276. The Balaban J connectivity index is 1.56. The number of nitrogens with zero attached hydrogens (tertiary/aromatic N) is 6. The minimum atomic E-state index is -0.785. The molecule has 0 aliphatic heterocycles. The number of ketones is 1. The fourth-order valence-corrected chi connectivity index (χ4v) is 3.18. The number of carbonyl (C=O) groups is 1. The number of para-hydroxylation sites is 2. The van der Waals surface area contributed by atoms with E-state index in [1.807, 2.05) is 36.4 Å². The van der Waals surface area contributed by atoms with Crippen molar-refractivity contribution in [3.05, 3.63) is 66.4 Å². The SMILES string of the molecule is O=C(CSc1nnnn1-c1ccccc1)c1c([O-])on[n+]1-c1ccccc1. The maximum absolute atomic E-state index is 12.6. The lowest BCUT2D eigenvalue weighted by Crippen LogP contribution is -2.39. The lowest BCUT2D eigenvalue weighted by Gasteiger charge is -2.03. The minimum absolute atomic E-state index is 0.0451. The Labute approximate surface area is 157 Å². The van der Waals surface area contributed by atoms with Gasteiger partial charge >= 0.3 is 5.69 Å². The van der Waals surface area contributed by atoms with Gasteiger partial charge in [-0.2, -0.15) is 4.68 Å². The monoisotopic (exact) mass is 380 g/mol. The second-order valence-electron chi connectivity index (χ2n) is 5.38. The van der Waals surface area contributed by atoms with Crippen LogP contribution in [-0.2, 0) is 0 Å². The molecular weight excluding hydrogens is 368 g/mol. The van der Waals surface area contributed by atoms with E-state index in [0.717, 1.165) is 17.4 Å². The highest BCUT2D eigenvalue weighted by Gasteiger charge is 2.28. The zero-order valence-corrected chi connectivity index (χ0v) is 14.6. The van der Waals surface area contributed by atoms with Gasteiger partial charge in [-0.25, -0.2) is 0 Å². The molecule has 0 fully saturated rings. The molecule has 0 aliphatic carbocycles. The number of tetrazole rings is 1. The highest BCUT2D eigenvalue weighted by molar-refractivity contribution is 7.99. The van der Waals surface area contributed by atoms with Crippen molar-refractivity contribution < 1.29 is 19.1 Å². The van der Waals surface area contributed by atoms with E-state index in [1.165, 1.54) is 9.36 Å². The molecule has 4 rings (SSSR count). The maximum Gasteiger partial charge on any atom is 0.307 e. The van der Waals surface area contributed by atoms with Crippen molar-refractivity contribution >= 4 is 17.5 Å². The number of rotatable bonds is 6. The fraction of sp³-hybridized carbons (Fsp3) is 0.0588. The number of hydrogen-bond donors (Lipinski definition) is 0. The Hall–Kier alpha value is -3.53. The van der Waals surface area contributed by atoms with E-state index in [2.05, 4.69) is 25.3 Å². The van der Waals surface area contributed by atoms with E-state index >= 15 is 0 Å². The number of benzene rings is 2. The second-order valence-corrected chi connectivity index (χ2v) is 6.32. The number of aromatic nitrogens is 6. The van der Waals surface area contributed by atoms with Crippen molar-refractivity contribution in [2.75, 3.05) is 5.75 Å². The molecule has 2 aromatic carbocycles. The van der Waals surface area contributed by atoms with Crippen molar-refractivity contribution in [2.45, 2.75) is 5.16 Å². The number of Topliss-reactive ketones (excluding diaryl/α,β-unsaturated/α-hetero) is 1. The summed E-state index contributed by atoms with van der Waals surface area (Å²) >= 11 is 1.12. The molecule has 0 aliphatic rings. The van der Waals surface area contributed by atoms with Gasteiger partial charge in [-0.3, -0.25) is 4.79 Å². The van der Waals surface area contributed by atoms with Crippen molar-refractivity contribution in [2.24, 2.45) is 0 Å². The maximum atomic E-state index is 12.6. The van der Waals surface area contributed by atoms with Gasteiger partial charge in [-0.05, 0) is 27.2 Å². The number of thioether (sulfide) groups is 1. The Morgan fingerprint density at radius 1 is 1.11 bits per heavy atom. The number of hydrogen-bond acceptors (Lipinski definition) is 8. The molecule has 2 heterocycles. The topological polar surface area (TPSA) is 114 Å². The summed E-state index contributed by atoms with van der Waals surface area (Å²) in [4.78, 5) is 12.6. The molecule has 0 N–H and O–H groups in total. The first kappa shape index (κ1) is 16.9. The summed E-state index contributed by atoms with van der Waals surface area (Å²) in [7, 11) is 0. The van der Waals surface area contributed by atoms with Crippen LogP contribution >= 0.6 is 11.8 Å². The first-order valence-electron chi connectivity index (χ1n) is 7.88. The van der Waals surface area contributed by atoms with Crippen molar-refractivity contribution in [3.8, 4) is 17.3 Å². The molecule has 2 aromatic heterocycles. The van der Waals surface area contributed by atoms with Gasteiger partial charge in [-0.1, -0.05) is 48.2 Å². The molecule has 0 bridgehead atoms. The predicted octanol–water partition coefficient (Wildman–Crippen LogP) is 0.976. The lowest BCUT2D eigenvalue weighted by molar-refractivity contribution is -0.672. The summed E-state index contributed by atoms with van der Waals surface area (Å²) in [5, 5.41) is 27.6. The van der Waals surface area contributed by atoms with Crippen LogP contribution < -0.4 is 9.79 Å². The van der Waals surface area contributed by atoms with Gasteiger partial charge in [0.15, 0.2) is 5.95 Å². The second kappa shape index (κ2) is 7.38. The summed E-state index contributed by atoms with van der Waals surface area (Å²) in [6.07, 6.45) is 0. The van der Waals surface area contributed by atoms with Crippen molar-refractivity contribution in [3.63, 3.8) is 0 Å². The molecule has 0 saturated carbocycles. The van der Waals surface area contributed by atoms with Gasteiger partial charge in [-0.15, -0.1) is 5.10 Å². The van der Waals surface area contributed by atoms with E-state index in [1.54, 1.807) is 24.3 Å². The molecule has 0 spiro atoms. The molecule has 9 nitrogen and oxygen atoms in total. The van der Waals surface area contributed by atoms with Gasteiger partial charge in [0.2, 0.25) is 16.6 Å². The summed E-state index contributed by atoms with van der Waals surface area (Å²) in [5.74, 6) is -1.26. The third kappa shape index (κ3) is 3.42. The molecule has 0 radical (unpaired) electrons. The van der Waals surface area contributed by atoms with Gasteiger partial charge in [0.05, 0.1) is 16.7 Å². The summed E-state index contributed by atoms with van der Waals surface area (Å²) < 4.78 is 7.41. The van der Waals surface area contributed by atoms with Crippen LogP contribution in [0.4, 0.5) is 0 Å². The Bertz CT molecular complexity index is 1060. The zero-order chi connectivity index (χ0) is 18.6. The van der Waals surface area contributed by atoms with Crippen LogP contribution in [0.3, 0.4) is 0 Å². The van der Waals surface area contributed by atoms with E-state index < -0.39 is 11.7 Å². The lowest BCUT2D eigenvalue weighted by atomic mass is 10.3. The summed E-state index contributed by atoms with van der Waals surface area (Å²) in [6.45, 7) is 0. The van der Waals surface area contributed by atoms with Gasteiger partial charge in [0.1, 0.15) is 0 Å². The normalized spacial score (nSPS) is 10.8. The van der Waals surface area contributed by atoms with E-state index in [9.17, 15) is 9.90 Å². The largest absolute Gasteiger partial charge is 0.539 e. The molecule has 4 aromatic rings. The summed E-state index contributed by atoms with van der Waals surface area (Å²) in [6, 6.07) is 18.1. The van der Waals surface area contributed by atoms with Crippen LogP contribution in [0.15, 0.2) is 70.3 Å². The summed E-state index contributed by atoms with van der Waals surface area (Å²) in [5.41, 5.74) is 1.18. The Kier molecular flexibility index (Phi) is 4.62. The minimum Gasteiger partial charge on any atom is -0.539 e. The molecule has 10 heteroatoms. The van der Waals surface area contributed by atoms with Gasteiger partial charge < -0.3 is 9.63 Å². The average Bonchev–Trinajstić information content (AvgIpc) is 3.34. The van der Waals surface area contributed by atoms with Crippen molar-refractivity contribution in [1.29, 1.82) is 0 Å². The first-order chi connectivity index (χ1) is 13.2. The first-order valence-corrected chi connectivity index (χ1v) is 8.87. The fourth-order valence-electron chi connectivity index (χ4n) is 2.42. The highest BCUT2D eigenvalue weighted by atomic mass is 32.2. The van der Waals surface area contributed by atoms with Crippen LogP contribution in [0.2, 0.25) is 0 Å². The van der Waals surface area contributed by atoms with E-state index in [-0.39, 0.29) is 11.4 Å². The molecular formula is C17H12N6O3S.